The predicted octanol–water partition coefficient (Wildman–Crippen LogP) is 1.59. The topological polar surface area (TPSA) is 116 Å². The summed E-state index contributed by atoms with van der Waals surface area (Å²) in [5.74, 6) is -1.40. The summed E-state index contributed by atoms with van der Waals surface area (Å²) in [6.07, 6.45) is 1.32. The van der Waals surface area contributed by atoms with Crippen molar-refractivity contribution < 1.29 is 19.2 Å². The second kappa shape index (κ2) is 10.3. The minimum Gasteiger partial charge on any atom is -0.273 e. The van der Waals surface area contributed by atoms with Crippen molar-refractivity contribution in [2.75, 3.05) is 0 Å². The standard InChI is InChI=1S/C16H18N4O4S2/c21-13(17-19-15(23)11-5-3-9-25-11)7-1-2-8-14(22)18-20-16(24)12-6-4-10-26-12/h3-6,9-10H,1-2,7-8H2,(H,17,21)(H,18,22)(H,19,23)(H,20,24). The molecule has 0 fully saturated rings. The van der Waals surface area contributed by atoms with E-state index in [9.17, 15) is 19.2 Å². The van der Waals surface area contributed by atoms with Crippen molar-refractivity contribution in [1.29, 1.82) is 0 Å². The molecule has 2 aromatic rings. The first-order chi connectivity index (χ1) is 12.6. The maximum atomic E-state index is 11.6. The molecular weight excluding hydrogens is 376 g/mol. The first-order valence-corrected chi connectivity index (χ1v) is 9.57. The Morgan fingerprint density at radius 2 is 1.12 bits per heavy atom. The quantitative estimate of drug-likeness (QED) is 0.421. The number of amides is 4. The van der Waals surface area contributed by atoms with Crippen LogP contribution in [0.1, 0.15) is 45.0 Å². The van der Waals surface area contributed by atoms with Gasteiger partial charge in [0, 0.05) is 12.8 Å². The molecule has 26 heavy (non-hydrogen) atoms. The van der Waals surface area contributed by atoms with Gasteiger partial charge in [0.25, 0.3) is 11.8 Å². The number of hydrogen-bond acceptors (Lipinski definition) is 6. The number of thiophene rings is 2. The van der Waals surface area contributed by atoms with Gasteiger partial charge in [-0.15, -0.1) is 22.7 Å². The Morgan fingerprint density at radius 1 is 0.692 bits per heavy atom. The molecule has 4 amide bonds. The maximum Gasteiger partial charge on any atom is 0.279 e. The zero-order valence-electron chi connectivity index (χ0n) is 13.7. The Kier molecular flexibility index (Phi) is 7.77. The molecule has 8 nitrogen and oxygen atoms in total. The summed E-state index contributed by atoms with van der Waals surface area (Å²) in [7, 11) is 0. The molecule has 0 radical (unpaired) electrons. The van der Waals surface area contributed by atoms with Crippen molar-refractivity contribution in [3.63, 3.8) is 0 Å². The number of rotatable bonds is 7. The van der Waals surface area contributed by atoms with Crippen molar-refractivity contribution in [1.82, 2.24) is 21.7 Å². The fourth-order valence-electron chi connectivity index (χ4n) is 1.89. The second-order valence-corrected chi connectivity index (χ2v) is 7.06. The van der Waals surface area contributed by atoms with Gasteiger partial charge in [-0.2, -0.15) is 0 Å². The third-order valence-corrected chi connectivity index (χ3v) is 4.92. The summed E-state index contributed by atoms with van der Waals surface area (Å²) in [4.78, 5) is 47.5. The van der Waals surface area contributed by atoms with Crippen LogP contribution < -0.4 is 21.7 Å². The van der Waals surface area contributed by atoms with E-state index >= 15 is 0 Å². The number of carbonyl (C=O) groups excluding carboxylic acids is 4. The average molecular weight is 394 g/mol. The predicted molar refractivity (Wildman–Crippen MR) is 98.3 cm³/mol. The third kappa shape index (κ3) is 6.65. The Morgan fingerprint density at radius 3 is 1.46 bits per heavy atom. The molecule has 0 saturated carbocycles. The molecule has 2 rings (SSSR count). The highest BCUT2D eigenvalue weighted by Crippen LogP contribution is 2.08. The molecule has 10 heteroatoms. The number of carbonyl (C=O) groups is 4. The van der Waals surface area contributed by atoms with Gasteiger partial charge in [-0.3, -0.25) is 40.9 Å². The zero-order chi connectivity index (χ0) is 18.8. The van der Waals surface area contributed by atoms with Gasteiger partial charge in [0.05, 0.1) is 9.75 Å². The second-order valence-electron chi connectivity index (χ2n) is 5.17. The molecule has 138 valence electrons. The van der Waals surface area contributed by atoms with E-state index < -0.39 is 0 Å². The van der Waals surface area contributed by atoms with Gasteiger partial charge in [-0.05, 0) is 35.7 Å². The summed E-state index contributed by atoms with van der Waals surface area (Å²) < 4.78 is 0. The van der Waals surface area contributed by atoms with E-state index in [2.05, 4.69) is 21.7 Å². The molecule has 0 saturated heterocycles. The van der Waals surface area contributed by atoms with Crippen molar-refractivity contribution >= 4 is 46.3 Å². The van der Waals surface area contributed by atoms with E-state index in [-0.39, 0.29) is 36.5 Å². The minimum absolute atomic E-state index is 0.180. The molecule has 0 aromatic carbocycles. The molecule has 4 N–H and O–H groups in total. The monoisotopic (exact) mass is 394 g/mol. The van der Waals surface area contributed by atoms with Crippen LogP contribution in [0.2, 0.25) is 0 Å². The lowest BCUT2D eigenvalue weighted by atomic mass is 10.2. The van der Waals surface area contributed by atoms with Gasteiger partial charge in [-0.25, -0.2) is 0 Å². The third-order valence-electron chi connectivity index (χ3n) is 3.18. The number of hydrazine groups is 2. The molecule has 0 unspecified atom stereocenters. The molecule has 0 aliphatic heterocycles. The van der Waals surface area contributed by atoms with E-state index in [1.165, 1.54) is 22.7 Å². The average Bonchev–Trinajstić information content (AvgIpc) is 3.34. The van der Waals surface area contributed by atoms with Gasteiger partial charge in [0.15, 0.2) is 0 Å². The normalized spacial score (nSPS) is 10.0. The van der Waals surface area contributed by atoms with Crippen molar-refractivity contribution in [3.05, 3.63) is 44.8 Å². The van der Waals surface area contributed by atoms with Gasteiger partial charge >= 0.3 is 0 Å². The lowest BCUT2D eigenvalue weighted by molar-refractivity contribution is -0.123. The molecular formula is C16H18N4O4S2. The van der Waals surface area contributed by atoms with Crippen LogP contribution in [0.15, 0.2) is 35.0 Å². The summed E-state index contributed by atoms with van der Waals surface area (Å²) in [5, 5.41) is 3.54. The Bertz CT molecular complexity index is 680. The van der Waals surface area contributed by atoms with Crippen LogP contribution in [0.25, 0.3) is 0 Å². The molecule has 0 aliphatic carbocycles. The number of unbranched alkanes of at least 4 members (excludes halogenated alkanes) is 1. The van der Waals surface area contributed by atoms with Gasteiger partial charge in [-0.1, -0.05) is 12.1 Å². The fourth-order valence-corrected chi connectivity index (χ4v) is 3.13. The van der Waals surface area contributed by atoms with Crippen LogP contribution >= 0.6 is 22.7 Å². The first kappa shape index (κ1) is 19.6. The van der Waals surface area contributed by atoms with Gasteiger partial charge in [0.2, 0.25) is 11.8 Å². The van der Waals surface area contributed by atoms with Crippen LogP contribution in [0, 0.1) is 0 Å². The summed E-state index contributed by atoms with van der Waals surface area (Å²) in [5.41, 5.74) is 9.31. The Hall–Kier alpha value is -2.72. The maximum absolute atomic E-state index is 11.6. The Balaban J connectivity index is 1.52. The molecule has 2 aromatic heterocycles. The van der Waals surface area contributed by atoms with E-state index in [1.807, 2.05) is 0 Å². The summed E-state index contributed by atoms with van der Waals surface area (Å²) in [6.45, 7) is 0. The Labute approximate surface area is 157 Å². The first-order valence-electron chi connectivity index (χ1n) is 7.81. The summed E-state index contributed by atoms with van der Waals surface area (Å²) >= 11 is 2.55. The largest absolute Gasteiger partial charge is 0.279 e. The zero-order valence-corrected chi connectivity index (χ0v) is 15.4. The van der Waals surface area contributed by atoms with Crippen LogP contribution in [0.5, 0.6) is 0 Å². The lowest BCUT2D eigenvalue weighted by Crippen LogP contribution is -2.41. The highest BCUT2D eigenvalue weighted by atomic mass is 32.1. The van der Waals surface area contributed by atoms with Crippen molar-refractivity contribution in [3.8, 4) is 0 Å². The molecule has 0 atom stereocenters. The molecule has 0 spiro atoms. The highest BCUT2D eigenvalue weighted by Gasteiger charge is 2.10. The minimum atomic E-state index is -0.366. The van der Waals surface area contributed by atoms with Crippen molar-refractivity contribution in [2.45, 2.75) is 25.7 Å². The molecule has 0 bridgehead atoms. The van der Waals surface area contributed by atoms with Crippen molar-refractivity contribution in [2.24, 2.45) is 0 Å². The highest BCUT2D eigenvalue weighted by molar-refractivity contribution is 7.12. The van der Waals surface area contributed by atoms with Gasteiger partial charge in [0.1, 0.15) is 0 Å². The van der Waals surface area contributed by atoms with Crippen LogP contribution in [0.3, 0.4) is 0 Å². The van der Waals surface area contributed by atoms with E-state index in [0.717, 1.165) is 0 Å². The number of nitrogens with one attached hydrogen (secondary N) is 4. The summed E-state index contributed by atoms with van der Waals surface area (Å²) in [6, 6.07) is 6.80. The molecule has 0 aliphatic rings. The van der Waals surface area contributed by atoms with Crippen LogP contribution in [-0.4, -0.2) is 23.6 Å². The van der Waals surface area contributed by atoms with E-state index in [1.54, 1.807) is 35.0 Å². The number of hydrogen-bond donors (Lipinski definition) is 4. The van der Waals surface area contributed by atoms with E-state index in [0.29, 0.717) is 22.6 Å². The smallest absolute Gasteiger partial charge is 0.273 e. The van der Waals surface area contributed by atoms with E-state index in [4.69, 9.17) is 0 Å². The lowest BCUT2D eigenvalue weighted by Gasteiger charge is -2.07. The van der Waals surface area contributed by atoms with Gasteiger partial charge < -0.3 is 0 Å². The van der Waals surface area contributed by atoms with Crippen LogP contribution in [0.4, 0.5) is 0 Å². The fraction of sp³-hybridized carbons (Fsp3) is 0.250. The molecule has 2 heterocycles. The van der Waals surface area contributed by atoms with Crippen LogP contribution in [-0.2, 0) is 9.59 Å². The SMILES string of the molecule is O=C(CCCCC(=O)NNC(=O)c1cccs1)NNC(=O)c1cccs1.